The molecule has 2 rings (SSSR count). The maximum Gasteiger partial charge on any atom is 0.0110 e. The molecule has 2 nitrogen and oxygen atoms in total. The minimum atomic E-state index is 0.481. The Morgan fingerprint density at radius 2 is 1.88 bits per heavy atom. The number of hydrogen-bond donors (Lipinski definition) is 1. The minimum absolute atomic E-state index is 0.481. The molecule has 2 heteroatoms. The molecule has 0 amide bonds. The summed E-state index contributed by atoms with van der Waals surface area (Å²) in [5.41, 5.74) is 0.481. The summed E-state index contributed by atoms with van der Waals surface area (Å²) in [6, 6.07) is 0.863. The van der Waals surface area contributed by atoms with Gasteiger partial charge >= 0.3 is 0 Å². The second kappa shape index (κ2) is 5.05. The molecule has 2 fully saturated rings. The summed E-state index contributed by atoms with van der Waals surface area (Å²) < 4.78 is 0. The predicted octanol–water partition coefficient (Wildman–Crippen LogP) is 2.50. The van der Waals surface area contributed by atoms with E-state index in [1.54, 1.807) is 0 Å². The van der Waals surface area contributed by atoms with Crippen molar-refractivity contribution < 1.29 is 0 Å². The molecule has 2 heterocycles. The van der Waals surface area contributed by atoms with Crippen molar-refractivity contribution in [2.24, 2.45) is 11.3 Å². The van der Waals surface area contributed by atoms with Crippen LogP contribution in [0.15, 0.2) is 0 Å². The number of nitrogens with one attached hydrogen (secondary N) is 1. The predicted molar refractivity (Wildman–Crippen MR) is 69.6 cm³/mol. The van der Waals surface area contributed by atoms with Gasteiger partial charge in [0.2, 0.25) is 0 Å². The van der Waals surface area contributed by atoms with Gasteiger partial charge < -0.3 is 5.32 Å². The van der Waals surface area contributed by atoms with Crippen molar-refractivity contribution in [2.45, 2.75) is 52.5 Å². The second-order valence-corrected chi connectivity index (χ2v) is 6.68. The van der Waals surface area contributed by atoms with Gasteiger partial charge in [-0.1, -0.05) is 27.2 Å². The van der Waals surface area contributed by atoms with E-state index in [-0.39, 0.29) is 0 Å². The van der Waals surface area contributed by atoms with E-state index in [9.17, 15) is 0 Å². The van der Waals surface area contributed by atoms with Crippen LogP contribution in [0.1, 0.15) is 46.5 Å². The average molecular weight is 224 g/mol. The van der Waals surface area contributed by atoms with Gasteiger partial charge in [-0.05, 0) is 37.1 Å². The van der Waals surface area contributed by atoms with Crippen molar-refractivity contribution in [2.75, 3.05) is 26.2 Å². The van der Waals surface area contributed by atoms with Gasteiger partial charge in [-0.15, -0.1) is 0 Å². The number of rotatable bonds is 0. The molecule has 0 saturated carbocycles. The van der Waals surface area contributed by atoms with Gasteiger partial charge in [-0.25, -0.2) is 0 Å². The third-order valence-corrected chi connectivity index (χ3v) is 4.52. The molecule has 2 atom stereocenters. The summed E-state index contributed by atoms with van der Waals surface area (Å²) >= 11 is 0. The Kier molecular flexibility index (Phi) is 3.91. The molecule has 0 spiro atoms. The highest BCUT2D eigenvalue weighted by Gasteiger charge is 2.32. The van der Waals surface area contributed by atoms with Crippen LogP contribution in [0.3, 0.4) is 0 Å². The molecule has 0 aromatic rings. The van der Waals surface area contributed by atoms with Crippen LogP contribution in [0.2, 0.25) is 0 Å². The molecule has 94 valence electrons. The molecule has 0 aromatic carbocycles. The zero-order valence-corrected chi connectivity index (χ0v) is 11.3. The molecule has 0 aromatic heterocycles. The standard InChI is InChI=1S/C14H28N2/c1-14(2,3)12-5-4-6-13-7-8-15-9-10-16(13)11-12/h12-13,15H,4-11H2,1-3H3. The largest absolute Gasteiger partial charge is 0.315 e. The van der Waals surface area contributed by atoms with Crippen molar-refractivity contribution in [1.82, 2.24) is 10.2 Å². The Hall–Kier alpha value is -0.0800. The molecule has 0 aliphatic carbocycles. The third-order valence-electron chi connectivity index (χ3n) is 4.52. The summed E-state index contributed by atoms with van der Waals surface area (Å²) in [4.78, 5) is 2.77. The molecule has 1 N–H and O–H groups in total. The summed E-state index contributed by atoms with van der Waals surface area (Å²) in [5.74, 6) is 0.885. The second-order valence-electron chi connectivity index (χ2n) is 6.68. The van der Waals surface area contributed by atoms with Crippen LogP contribution in [0.4, 0.5) is 0 Å². The van der Waals surface area contributed by atoms with Gasteiger partial charge in [-0.2, -0.15) is 0 Å². The highest BCUT2D eigenvalue weighted by molar-refractivity contribution is 4.86. The Bertz CT molecular complexity index is 219. The lowest BCUT2D eigenvalue weighted by molar-refractivity contribution is 0.134. The highest BCUT2D eigenvalue weighted by Crippen LogP contribution is 2.34. The lowest BCUT2D eigenvalue weighted by atomic mass is 9.78. The first-order valence-electron chi connectivity index (χ1n) is 7.02. The lowest BCUT2D eigenvalue weighted by Gasteiger charge is -2.35. The van der Waals surface area contributed by atoms with Crippen LogP contribution >= 0.6 is 0 Å². The fraction of sp³-hybridized carbons (Fsp3) is 1.00. The normalized spacial score (nSPS) is 33.9. The summed E-state index contributed by atoms with van der Waals surface area (Å²) in [6.45, 7) is 12.2. The molecule has 0 radical (unpaired) electrons. The van der Waals surface area contributed by atoms with Gasteiger partial charge in [0.15, 0.2) is 0 Å². The van der Waals surface area contributed by atoms with Crippen molar-refractivity contribution in [3.05, 3.63) is 0 Å². The number of fused-ring (bicyclic) bond motifs is 1. The van der Waals surface area contributed by atoms with Gasteiger partial charge in [0.1, 0.15) is 0 Å². The van der Waals surface area contributed by atoms with Crippen molar-refractivity contribution >= 4 is 0 Å². The highest BCUT2D eigenvalue weighted by atomic mass is 15.2. The Labute approximate surface area is 101 Å². The zero-order chi connectivity index (χ0) is 11.6. The monoisotopic (exact) mass is 224 g/mol. The Balaban J connectivity index is 2.03. The fourth-order valence-electron chi connectivity index (χ4n) is 3.23. The van der Waals surface area contributed by atoms with Crippen LogP contribution in [0.25, 0.3) is 0 Å². The molecule has 0 bridgehead atoms. The first-order valence-corrected chi connectivity index (χ1v) is 7.02. The van der Waals surface area contributed by atoms with Crippen LogP contribution in [0, 0.1) is 11.3 Å². The van der Waals surface area contributed by atoms with Crippen LogP contribution in [-0.2, 0) is 0 Å². The maximum atomic E-state index is 3.54. The van der Waals surface area contributed by atoms with Gasteiger partial charge in [0, 0.05) is 25.7 Å². The van der Waals surface area contributed by atoms with Crippen molar-refractivity contribution in [3.63, 3.8) is 0 Å². The van der Waals surface area contributed by atoms with Crippen molar-refractivity contribution in [1.29, 1.82) is 0 Å². The van der Waals surface area contributed by atoms with E-state index in [0.717, 1.165) is 12.0 Å². The van der Waals surface area contributed by atoms with E-state index in [1.165, 1.54) is 51.9 Å². The average Bonchev–Trinajstić information content (AvgIpc) is 2.49. The number of hydrogen-bond acceptors (Lipinski definition) is 2. The molecule has 2 saturated heterocycles. The summed E-state index contributed by atoms with van der Waals surface area (Å²) in [6.07, 6.45) is 5.65. The van der Waals surface area contributed by atoms with E-state index < -0.39 is 0 Å². The lowest BCUT2D eigenvalue weighted by Crippen LogP contribution is -2.40. The zero-order valence-electron chi connectivity index (χ0n) is 11.3. The molecular formula is C14H28N2. The molecule has 2 aliphatic heterocycles. The molecule has 2 unspecified atom stereocenters. The topological polar surface area (TPSA) is 15.3 Å². The van der Waals surface area contributed by atoms with Gasteiger partial charge in [0.25, 0.3) is 0 Å². The van der Waals surface area contributed by atoms with E-state index in [0.29, 0.717) is 5.41 Å². The first-order chi connectivity index (χ1) is 7.57. The third kappa shape index (κ3) is 2.98. The SMILES string of the molecule is CC(C)(C)C1CCCC2CCNCCN2C1. The van der Waals surface area contributed by atoms with Crippen molar-refractivity contribution in [3.8, 4) is 0 Å². The first kappa shape index (κ1) is 12.4. The molecule has 16 heavy (non-hydrogen) atoms. The number of nitrogens with zero attached hydrogens (tertiary/aromatic N) is 1. The van der Waals surface area contributed by atoms with Crippen LogP contribution in [-0.4, -0.2) is 37.1 Å². The van der Waals surface area contributed by atoms with Crippen LogP contribution < -0.4 is 5.32 Å². The van der Waals surface area contributed by atoms with E-state index in [1.807, 2.05) is 0 Å². The van der Waals surface area contributed by atoms with Gasteiger partial charge in [-0.3, -0.25) is 4.90 Å². The quantitative estimate of drug-likeness (QED) is 0.680. The summed E-state index contributed by atoms with van der Waals surface area (Å²) in [7, 11) is 0. The van der Waals surface area contributed by atoms with E-state index in [2.05, 4.69) is 31.0 Å². The molecule has 2 aliphatic rings. The Morgan fingerprint density at radius 3 is 2.62 bits per heavy atom. The smallest absolute Gasteiger partial charge is 0.0110 e. The van der Waals surface area contributed by atoms with Crippen LogP contribution in [0.5, 0.6) is 0 Å². The Morgan fingerprint density at radius 1 is 1.06 bits per heavy atom. The van der Waals surface area contributed by atoms with Gasteiger partial charge in [0.05, 0.1) is 0 Å². The van der Waals surface area contributed by atoms with E-state index >= 15 is 0 Å². The fourth-order valence-corrected chi connectivity index (χ4v) is 3.23. The van der Waals surface area contributed by atoms with E-state index in [4.69, 9.17) is 0 Å². The maximum absolute atomic E-state index is 3.54. The molecular weight excluding hydrogens is 196 g/mol. The summed E-state index contributed by atoms with van der Waals surface area (Å²) in [5, 5.41) is 3.54. The minimum Gasteiger partial charge on any atom is -0.315 e.